The van der Waals surface area contributed by atoms with Crippen LogP contribution in [0.3, 0.4) is 0 Å². The zero-order valence-corrected chi connectivity index (χ0v) is 8.98. The Hall–Kier alpha value is -1.34. The molecule has 1 saturated heterocycles. The zero-order chi connectivity index (χ0) is 12.0. The van der Waals surface area contributed by atoms with E-state index >= 15 is 0 Å². The molecule has 2 amide bonds. The predicted molar refractivity (Wildman–Crippen MR) is 55.5 cm³/mol. The highest BCUT2D eigenvalue weighted by molar-refractivity contribution is 5.81. The van der Waals surface area contributed by atoms with E-state index in [1.54, 1.807) is 0 Å². The molecule has 2 atom stereocenters. The first-order chi connectivity index (χ1) is 7.63. The first-order valence-corrected chi connectivity index (χ1v) is 5.19. The minimum absolute atomic E-state index is 0.0300. The van der Waals surface area contributed by atoms with Gasteiger partial charge in [0.15, 0.2) is 0 Å². The van der Waals surface area contributed by atoms with Gasteiger partial charge in [-0.1, -0.05) is 0 Å². The van der Waals surface area contributed by atoms with E-state index < -0.39 is 12.2 Å². The van der Waals surface area contributed by atoms with Crippen LogP contribution in [0.1, 0.15) is 12.8 Å². The maximum atomic E-state index is 11.5. The van der Waals surface area contributed by atoms with Crippen molar-refractivity contribution < 1.29 is 19.1 Å². The molecule has 1 fully saturated rings. The number of primary amides is 1. The topological polar surface area (TPSA) is 117 Å². The van der Waals surface area contributed by atoms with Crippen LogP contribution >= 0.6 is 0 Å². The third-order valence-electron chi connectivity index (χ3n) is 2.31. The molecule has 1 heterocycles. The molecule has 7 heteroatoms. The average Bonchev–Trinajstić information content (AvgIpc) is 2.72. The molecular weight excluding hydrogens is 214 g/mol. The van der Waals surface area contributed by atoms with Crippen molar-refractivity contribution in [3.05, 3.63) is 0 Å². The Kier molecular flexibility index (Phi) is 5.00. The van der Waals surface area contributed by atoms with Crippen LogP contribution < -0.4 is 16.8 Å². The first kappa shape index (κ1) is 12.7. The minimum Gasteiger partial charge on any atom is -0.448 e. The standard InChI is InChI=1S/C9H17N3O4/c10-5-6-1-2-7(16-6)8(13)12-3-4-15-9(11)14/h6-7H,1-5,10H2,(H2,11,14)(H,12,13). The smallest absolute Gasteiger partial charge is 0.404 e. The monoisotopic (exact) mass is 231 g/mol. The molecule has 0 bridgehead atoms. The van der Waals surface area contributed by atoms with Gasteiger partial charge in [-0.3, -0.25) is 4.79 Å². The van der Waals surface area contributed by atoms with Gasteiger partial charge in [0.25, 0.3) is 0 Å². The number of carbonyl (C=O) groups is 2. The Morgan fingerprint density at radius 1 is 1.44 bits per heavy atom. The molecule has 16 heavy (non-hydrogen) atoms. The molecule has 0 aromatic rings. The molecular formula is C9H17N3O4. The van der Waals surface area contributed by atoms with E-state index in [1.165, 1.54) is 0 Å². The first-order valence-electron chi connectivity index (χ1n) is 5.19. The van der Waals surface area contributed by atoms with E-state index in [0.29, 0.717) is 13.0 Å². The summed E-state index contributed by atoms with van der Waals surface area (Å²) in [5.74, 6) is -0.205. The second-order valence-corrected chi connectivity index (χ2v) is 3.52. The van der Waals surface area contributed by atoms with E-state index in [2.05, 4.69) is 10.1 Å². The van der Waals surface area contributed by atoms with Gasteiger partial charge in [-0.25, -0.2) is 4.79 Å². The molecule has 0 aliphatic carbocycles. The largest absolute Gasteiger partial charge is 0.448 e. The lowest BCUT2D eigenvalue weighted by Gasteiger charge is -2.12. The number of hydrogen-bond acceptors (Lipinski definition) is 5. The summed E-state index contributed by atoms with van der Waals surface area (Å²) in [7, 11) is 0. The lowest BCUT2D eigenvalue weighted by atomic mass is 10.2. The van der Waals surface area contributed by atoms with E-state index in [9.17, 15) is 9.59 Å². The van der Waals surface area contributed by atoms with Crippen molar-refractivity contribution >= 4 is 12.0 Å². The Morgan fingerprint density at radius 3 is 2.75 bits per heavy atom. The fraction of sp³-hybridized carbons (Fsp3) is 0.778. The highest BCUT2D eigenvalue weighted by Crippen LogP contribution is 2.18. The molecule has 0 aromatic carbocycles. The van der Waals surface area contributed by atoms with Gasteiger partial charge in [0.05, 0.1) is 12.6 Å². The van der Waals surface area contributed by atoms with E-state index in [4.69, 9.17) is 16.2 Å². The molecule has 1 rings (SSSR count). The molecule has 0 saturated carbocycles. The summed E-state index contributed by atoms with van der Waals surface area (Å²) < 4.78 is 9.84. The van der Waals surface area contributed by atoms with Crippen molar-refractivity contribution in [1.29, 1.82) is 0 Å². The highest BCUT2D eigenvalue weighted by Gasteiger charge is 2.29. The summed E-state index contributed by atoms with van der Waals surface area (Å²) >= 11 is 0. The van der Waals surface area contributed by atoms with Gasteiger partial charge in [0.1, 0.15) is 12.7 Å². The number of nitrogens with one attached hydrogen (secondary N) is 1. The molecule has 0 spiro atoms. The molecule has 2 unspecified atom stereocenters. The lowest BCUT2D eigenvalue weighted by molar-refractivity contribution is -0.131. The molecule has 7 nitrogen and oxygen atoms in total. The van der Waals surface area contributed by atoms with Crippen LogP contribution in [-0.4, -0.2) is 43.9 Å². The molecule has 0 aromatic heterocycles. The van der Waals surface area contributed by atoms with Crippen LogP contribution in [0.15, 0.2) is 0 Å². The van der Waals surface area contributed by atoms with Crippen molar-refractivity contribution in [2.45, 2.75) is 25.0 Å². The Labute approximate surface area is 93.4 Å². The summed E-state index contributed by atoms with van der Waals surface area (Å²) in [6.07, 6.45) is 0.144. The van der Waals surface area contributed by atoms with Gasteiger partial charge in [0, 0.05) is 6.54 Å². The predicted octanol–water partition coefficient (Wildman–Crippen LogP) is -1.30. The maximum absolute atomic E-state index is 11.5. The summed E-state index contributed by atoms with van der Waals surface area (Å²) in [5.41, 5.74) is 10.2. The highest BCUT2D eigenvalue weighted by atomic mass is 16.5. The van der Waals surface area contributed by atoms with Gasteiger partial charge in [-0.15, -0.1) is 0 Å². The minimum atomic E-state index is -0.852. The molecule has 1 aliphatic heterocycles. The number of carbonyl (C=O) groups excluding carboxylic acids is 2. The second-order valence-electron chi connectivity index (χ2n) is 3.52. The van der Waals surface area contributed by atoms with Crippen LogP contribution in [0, 0.1) is 0 Å². The van der Waals surface area contributed by atoms with Crippen molar-refractivity contribution in [3.63, 3.8) is 0 Å². The molecule has 92 valence electrons. The Balaban J connectivity index is 2.13. The Morgan fingerprint density at radius 2 is 2.19 bits per heavy atom. The summed E-state index contributed by atoms with van der Waals surface area (Å²) in [6.45, 7) is 0.720. The van der Waals surface area contributed by atoms with E-state index in [1.807, 2.05) is 0 Å². The molecule has 1 aliphatic rings. The fourth-order valence-corrected chi connectivity index (χ4v) is 1.51. The van der Waals surface area contributed by atoms with Crippen LogP contribution in [0.4, 0.5) is 4.79 Å². The average molecular weight is 231 g/mol. The molecule has 0 radical (unpaired) electrons. The number of rotatable bonds is 5. The Bertz CT molecular complexity index is 259. The van der Waals surface area contributed by atoms with Crippen molar-refractivity contribution in [2.24, 2.45) is 11.5 Å². The number of amides is 2. The number of nitrogens with two attached hydrogens (primary N) is 2. The summed E-state index contributed by atoms with van der Waals surface area (Å²) in [4.78, 5) is 21.7. The van der Waals surface area contributed by atoms with Crippen molar-refractivity contribution in [1.82, 2.24) is 5.32 Å². The van der Waals surface area contributed by atoms with Crippen molar-refractivity contribution in [3.8, 4) is 0 Å². The third-order valence-corrected chi connectivity index (χ3v) is 2.31. The maximum Gasteiger partial charge on any atom is 0.404 e. The van der Waals surface area contributed by atoms with Crippen LogP contribution in [-0.2, 0) is 14.3 Å². The van der Waals surface area contributed by atoms with E-state index in [0.717, 1.165) is 6.42 Å². The quantitative estimate of drug-likeness (QED) is 0.509. The van der Waals surface area contributed by atoms with Gasteiger partial charge in [0.2, 0.25) is 5.91 Å². The van der Waals surface area contributed by atoms with Gasteiger partial charge in [-0.05, 0) is 12.8 Å². The summed E-state index contributed by atoms with van der Waals surface area (Å²) in [6, 6.07) is 0. The third kappa shape index (κ3) is 4.03. The molecule has 5 N–H and O–H groups in total. The van der Waals surface area contributed by atoms with E-state index in [-0.39, 0.29) is 25.2 Å². The SMILES string of the molecule is NCC1CCC(C(=O)NCCOC(N)=O)O1. The second kappa shape index (κ2) is 6.29. The normalized spacial score (nSPS) is 24.1. The zero-order valence-electron chi connectivity index (χ0n) is 8.98. The van der Waals surface area contributed by atoms with Crippen LogP contribution in [0.2, 0.25) is 0 Å². The summed E-state index contributed by atoms with van der Waals surface area (Å²) in [5, 5.41) is 2.59. The van der Waals surface area contributed by atoms with Crippen LogP contribution in [0.25, 0.3) is 0 Å². The lowest BCUT2D eigenvalue weighted by Crippen LogP contribution is -2.37. The van der Waals surface area contributed by atoms with Crippen LogP contribution in [0.5, 0.6) is 0 Å². The van der Waals surface area contributed by atoms with Crippen molar-refractivity contribution in [2.75, 3.05) is 19.7 Å². The van der Waals surface area contributed by atoms with Gasteiger partial charge in [-0.2, -0.15) is 0 Å². The van der Waals surface area contributed by atoms with Gasteiger partial charge < -0.3 is 26.3 Å². The fourth-order valence-electron chi connectivity index (χ4n) is 1.51. The number of hydrogen-bond donors (Lipinski definition) is 3. The van der Waals surface area contributed by atoms with Gasteiger partial charge >= 0.3 is 6.09 Å². The number of ether oxygens (including phenoxy) is 2.